The largest absolute Gasteiger partial charge is 0.497 e. The van der Waals surface area contributed by atoms with Crippen molar-refractivity contribution in [3.63, 3.8) is 0 Å². The van der Waals surface area contributed by atoms with Crippen LogP contribution in [0.25, 0.3) is 11.4 Å². The first kappa shape index (κ1) is 22.1. The minimum absolute atomic E-state index is 0.0479. The monoisotopic (exact) mass is 459 g/mol. The molecule has 2 amide bonds. The van der Waals surface area contributed by atoms with E-state index in [9.17, 15) is 9.59 Å². The van der Waals surface area contributed by atoms with Crippen LogP contribution in [0.2, 0.25) is 0 Å². The number of nitrogens with zero attached hydrogens (tertiary/aromatic N) is 4. The van der Waals surface area contributed by atoms with Crippen molar-refractivity contribution >= 4 is 17.5 Å². The summed E-state index contributed by atoms with van der Waals surface area (Å²) >= 11 is 0. The maximum Gasteiger partial charge on any atom is 0.227 e. The molecule has 1 aliphatic heterocycles. The molecule has 1 aliphatic carbocycles. The van der Waals surface area contributed by atoms with Crippen molar-refractivity contribution in [3.05, 3.63) is 60.4 Å². The van der Waals surface area contributed by atoms with E-state index in [-0.39, 0.29) is 24.2 Å². The number of hydrogen-bond donors (Lipinski definition) is 1. The molecule has 0 spiro atoms. The summed E-state index contributed by atoms with van der Waals surface area (Å²) in [5, 5.41) is 7.83. The summed E-state index contributed by atoms with van der Waals surface area (Å²) in [7, 11) is 1.60. The summed E-state index contributed by atoms with van der Waals surface area (Å²) in [4.78, 5) is 31.6. The number of anilines is 1. The molecule has 2 aromatic heterocycles. The van der Waals surface area contributed by atoms with Gasteiger partial charge < -0.3 is 15.0 Å². The highest BCUT2D eigenvalue weighted by molar-refractivity contribution is 6.00. The fourth-order valence-corrected chi connectivity index (χ4v) is 4.88. The molecule has 0 bridgehead atoms. The molecule has 0 radical (unpaired) electrons. The van der Waals surface area contributed by atoms with Gasteiger partial charge in [-0.15, -0.1) is 0 Å². The standard InChI is InChI=1S/C26H29N5O3/c1-34-22-11-9-20(10-12-22)30-17-18(14-25(30)32)26(33)28-16-19-15-24(23-8-4-5-13-27-23)31(29-19)21-6-2-3-7-21/h4-5,8-13,15,18,21H,2-3,6-7,14,16-17H2,1H3,(H,28,33). The second-order valence-corrected chi connectivity index (χ2v) is 8.94. The van der Waals surface area contributed by atoms with Gasteiger partial charge in [0.05, 0.1) is 42.7 Å². The first-order valence-corrected chi connectivity index (χ1v) is 11.8. The maximum absolute atomic E-state index is 12.9. The fourth-order valence-electron chi connectivity index (χ4n) is 4.88. The second kappa shape index (κ2) is 9.67. The molecule has 1 saturated carbocycles. The Bertz CT molecular complexity index is 1150. The Labute approximate surface area is 198 Å². The van der Waals surface area contributed by atoms with E-state index in [1.165, 1.54) is 12.8 Å². The van der Waals surface area contributed by atoms with Crippen molar-refractivity contribution in [3.8, 4) is 17.1 Å². The molecule has 5 rings (SSSR count). The molecule has 8 heteroatoms. The number of rotatable bonds is 7. The van der Waals surface area contributed by atoms with Gasteiger partial charge in [-0.1, -0.05) is 18.9 Å². The number of ether oxygens (including phenoxy) is 1. The predicted octanol–water partition coefficient (Wildman–Crippen LogP) is 3.74. The van der Waals surface area contributed by atoms with E-state index in [4.69, 9.17) is 9.84 Å². The van der Waals surface area contributed by atoms with Gasteiger partial charge in [-0.05, 0) is 55.3 Å². The lowest BCUT2D eigenvalue weighted by Crippen LogP contribution is -2.32. The Morgan fingerprint density at radius 3 is 2.65 bits per heavy atom. The lowest BCUT2D eigenvalue weighted by molar-refractivity contribution is -0.126. The fraction of sp³-hybridized carbons (Fsp3) is 0.385. The highest BCUT2D eigenvalue weighted by Crippen LogP contribution is 2.33. The van der Waals surface area contributed by atoms with E-state index in [1.54, 1.807) is 18.2 Å². The van der Waals surface area contributed by atoms with Crippen molar-refractivity contribution in [1.29, 1.82) is 0 Å². The summed E-state index contributed by atoms with van der Waals surface area (Å²) in [6, 6.07) is 15.6. The van der Waals surface area contributed by atoms with Gasteiger partial charge in [0.1, 0.15) is 5.75 Å². The molecule has 1 aromatic carbocycles. The lowest BCUT2D eigenvalue weighted by atomic mass is 10.1. The number of methoxy groups -OCH3 is 1. The number of nitrogens with one attached hydrogen (secondary N) is 1. The van der Waals surface area contributed by atoms with Crippen LogP contribution >= 0.6 is 0 Å². The van der Waals surface area contributed by atoms with Crippen LogP contribution in [0.1, 0.15) is 43.8 Å². The molecule has 176 valence electrons. The SMILES string of the molecule is COc1ccc(N2CC(C(=O)NCc3cc(-c4ccccn4)n(C4CCCC4)n3)CC2=O)cc1. The molecular weight excluding hydrogens is 430 g/mol. The zero-order valence-corrected chi connectivity index (χ0v) is 19.3. The molecule has 1 unspecified atom stereocenters. The summed E-state index contributed by atoms with van der Waals surface area (Å²) in [5.74, 6) is 0.168. The zero-order chi connectivity index (χ0) is 23.5. The molecule has 34 heavy (non-hydrogen) atoms. The number of carbonyl (C=O) groups excluding carboxylic acids is 2. The van der Waals surface area contributed by atoms with Gasteiger partial charge in [0.25, 0.3) is 0 Å². The van der Waals surface area contributed by atoms with Crippen LogP contribution in [0.4, 0.5) is 5.69 Å². The smallest absolute Gasteiger partial charge is 0.227 e. The summed E-state index contributed by atoms with van der Waals surface area (Å²) < 4.78 is 7.27. The summed E-state index contributed by atoms with van der Waals surface area (Å²) in [5.41, 5.74) is 3.45. The van der Waals surface area contributed by atoms with Crippen LogP contribution in [0, 0.1) is 5.92 Å². The molecule has 1 N–H and O–H groups in total. The van der Waals surface area contributed by atoms with Crippen molar-refractivity contribution in [2.45, 2.75) is 44.7 Å². The van der Waals surface area contributed by atoms with Crippen LogP contribution < -0.4 is 15.0 Å². The number of aromatic nitrogens is 3. The van der Waals surface area contributed by atoms with E-state index < -0.39 is 0 Å². The highest BCUT2D eigenvalue weighted by atomic mass is 16.5. The van der Waals surface area contributed by atoms with Crippen LogP contribution in [0.3, 0.4) is 0 Å². The topological polar surface area (TPSA) is 89.3 Å². The molecule has 3 aromatic rings. The Kier molecular flexibility index (Phi) is 6.29. The summed E-state index contributed by atoms with van der Waals surface area (Å²) in [6.45, 7) is 0.693. The number of benzene rings is 1. The first-order chi connectivity index (χ1) is 16.6. The van der Waals surface area contributed by atoms with Gasteiger partial charge in [-0.25, -0.2) is 0 Å². The Hall–Kier alpha value is -3.68. The van der Waals surface area contributed by atoms with Crippen molar-refractivity contribution in [2.75, 3.05) is 18.6 Å². The van der Waals surface area contributed by atoms with Crippen molar-refractivity contribution in [1.82, 2.24) is 20.1 Å². The minimum Gasteiger partial charge on any atom is -0.497 e. The van der Waals surface area contributed by atoms with Gasteiger partial charge in [0.2, 0.25) is 11.8 Å². The average Bonchev–Trinajstić information content (AvgIpc) is 3.63. The number of hydrogen-bond acceptors (Lipinski definition) is 5. The van der Waals surface area contributed by atoms with E-state index >= 15 is 0 Å². The second-order valence-electron chi connectivity index (χ2n) is 8.94. The van der Waals surface area contributed by atoms with E-state index in [2.05, 4.69) is 15.0 Å². The van der Waals surface area contributed by atoms with E-state index in [1.807, 2.05) is 48.5 Å². The lowest BCUT2D eigenvalue weighted by Gasteiger charge is -2.17. The first-order valence-electron chi connectivity index (χ1n) is 11.8. The Morgan fingerprint density at radius 2 is 1.94 bits per heavy atom. The maximum atomic E-state index is 12.9. The normalized spacial score (nSPS) is 18.4. The van der Waals surface area contributed by atoms with E-state index in [0.717, 1.165) is 41.4 Å². The van der Waals surface area contributed by atoms with E-state index in [0.29, 0.717) is 19.1 Å². The van der Waals surface area contributed by atoms with Crippen LogP contribution in [0.5, 0.6) is 5.75 Å². The Morgan fingerprint density at radius 1 is 1.15 bits per heavy atom. The third kappa shape index (κ3) is 4.53. The molecule has 8 nitrogen and oxygen atoms in total. The molecule has 2 aliphatic rings. The average molecular weight is 460 g/mol. The number of pyridine rings is 1. The number of carbonyl (C=O) groups is 2. The van der Waals surface area contributed by atoms with Crippen LogP contribution in [0.15, 0.2) is 54.7 Å². The van der Waals surface area contributed by atoms with Gasteiger partial charge in [0.15, 0.2) is 0 Å². The van der Waals surface area contributed by atoms with Gasteiger partial charge in [-0.3, -0.25) is 19.3 Å². The van der Waals surface area contributed by atoms with Crippen LogP contribution in [-0.2, 0) is 16.1 Å². The molecule has 1 atom stereocenters. The van der Waals surface area contributed by atoms with Gasteiger partial charge in [-0.2, -0.15) is 5.10 Å². The predicted molar refractivity (Wildman–Crippen MR) is 128 cm³/mol. The minimum atomic E-state index is -0.387. The highest BCUT2D eigenvalue weighted by Gasteiger charge is 2.35. The molecule has 3 heterocycles. The van der Waals surface area contributed by atoms with Crippen molar-refractivity contribution in [2.24, 2.45) is 5.92 Å². The Balaban J connectivity index is 1.26. The third-order valence-corrected chi connectivity index (χ3v) is 6.71. The molecule has 1 saturated heterocycles. The number of amides is 2. The molecule has 2 fully saturated rings. The van der Waals surface area contributed by atoms with Crippen LogP contribution in [-0.4, -0.2) is 40.2 Å². The molecular formula is C26H29N5O3. The summed E-state index contributed by atoms with van der Waals surface area (Å²) in [6.07, 6.45) is 6.62. The third-order valence-electron chi connectivity index (χ3n) is 6.71. The van der Waals surface area contributed by atoms with Gasteiger partial charge >= 0.3 is 0 Å². The van der Waals surface area contributed by atoms with Crippen molar-refractivity contribution < 1.29 is 14.3 Å². The van der Waals surface area contributed by atoms with Gasteiger partial charge in [0, 0.05) is 24.8 Å². The zero-order valence-electron chi connectivity index (χ0n) is 19.3. The quantitative estimate of drug-likeness (QED) is 0.581.